The molecular formula is C9H6BrF3O. The third kappa shape index (κ3) is 2.35. The van der Waals surface area contributed by atoms with Gasteiger partial charge in [-0.3, -0.25) is 4.79 Å². The first-order chi connectivity index (χ1) is 7.53. The molecule has 0 atom stereocenters. The van der Waals surface area contributed by atoms with Gasteiger partial charge in [0.25, 0.3) is 5.78 Å². The van der Waals surface area contributed by atoms with Gasteiger partial charge in [-0.1, -0.05) is 28.1 Å². The lowest BCUT2D eigenvalue weighted by molar-refractivity contribution is -0.0885. The average Bonchev–Trinajstić information content (AvgIpc) is 2.12. The van der Waals surface area contributed by atoms with Gasteiger partial charge in [-0.2, -0.15) is 13.2 Å². The third-order valence-electron chi connectivity index (χ3n) is 1.49. The Morgan fingerprint density at radius 3 is 2.57 bits per heavy atom. The maximum Gasteiger partial charge on any atom is 0.454 e. The lowest BCUT2D eigenvalue weighted by Crippen LogP contribution is -2.22. The number of carbonyl (C=O) groups excluding carboxylic acids is 1. The van der Waals surface area contributed by atoms with E-state index in [2.05, 4.69) is 15.9 Å². The van der Waals surface area contributed by atoms with Crippen LogP contribution >= 0.6 is 15.9 Å². The number of halogens is 4. The van der Waals surface area contributed by atoms with Crippen molar-refractivity contribution in [2.45, 2.75) is 13.0 Å². The molecule has 0 aromatic heterocycles. The van der Waals surface area contributed by atoms with E-state index in [0.29, 0.717) is 0 Å². The second-order valence-electron chi connectivity index (χ2n) is 2.52. The van der Waals surface area contributed by atoms with Gasteiger partial charge in [0.05, 0.1) is 0 Å². The van der Waals surface area contributed by atoms with Crippen LogP contribution in [0.4, 0.5) is 13.2 Å². The summed E-state index contributed by atoms with van der Waals surface area (Å²) in [6.07, 6.45) is -4.97. The van der Waals surface area contributed by atoms with Crippen LogP contribution in [0.15, 0.2) is 22.7 Å². The lowest BCUT2D eigenvalue weighted by Gasteiger charge is -2.06. The highest BCUT2D eigenvalue weighted by atomic mass is 79.9. The van der Waals surface area contributed by atoms with E-state index in [1.807, 2.05) is 0 Å². The maximum absolute atomic E-state index is 12.1. The van der Waals surface area contributed by atoms with Crippen LogP contribution in [-0.4, -0.2) is 12.0 Å². The summed E-state index contributed by atoms with van der Waals surface area (Å²) in [5.74, 6) is -2.00. The quantitative estimate of drug-likeness (QED) is 0.714. The fourth-order valence-corrected chi connectivity index (χ4v) is 1.20. The van der Waals surface area contributed by atoms with Gasteiger partial charge < -0.3 is 0 Å². The summed E-state index contributed by atoms with van der Waals surface area (Å²) < 4.78 is 57.7. The molecule has 1 aromatic carbocycles. The molecule has 0 saturated heterocycles. The summed E-state index contributed by atoms with van der Waals surface area (Å²) in [7, 11) is 0. The monoisotopic (exact) mass is 269 g/mol. The normalized spacial score (nSPS) is 15.6. The highest BCUT2D eigenvalue weighted by Crippen LogP contribution is 2.24. The molecule has 5 heteroatoms. The molecule has 0 N–H and O–H groups in total. The number of hydrogen-bond acceptors (Lipinski definition) is 1. The number of carbonyl (C=O) groups is 1. The van der Waals surface area contributed by atoms with E-state index in [9.17, 15) is 18.0 Å². The van der Waals surface area contributed by atoms with Crippen LogP contribution < -0.4 is 0 Å². The number of hydrogen-bond donors (Lipinski definition) is 0. The maximum atomic E-state index is 12.1. The van der Waals surface area contributed by atoms with Gasteiger partial charge in [-0.05, 0) is 18.5 Å². The van der Waals surface area contributed by atoms with Crippen LogP contribution in [0.25, 0.3) is 0 Å². The number of aryl methyl sites for hydroxylation is 1. The van der Waals surface area contributed by atoms with Gasteiger partial charge in [0.15, 0.2) is 0 Å². The Labute approximate surface area is 91.3 Å². The Bertz CT molecular complexity index is 454. The SMILES string of the molecule is [2H]C([2H])([2H])c1ccc(C(=O)C(F)(F)F)cc1Br. The molecule has 0 aliphatic carbocycles. The van der Waals surface area contributed by atoms with Gasteiger partial charge in [0, 0.05) is 14.1 Å². The van der Waals surface area contributed by atoms with Crippen molar-refractivity contribution < 1.29 is 22.1 Å². The summed E-state index contributed by atoms with van der Waals surface area (Å²) in [5, 5.41) is 0. The zero-order chi connectivity index (χ0) is 13.4. The molecule has 0 spiro atoms. The van der Waals surface area contributed by atoms with Crippen molar-refractivity contribution in [2.24, 2.45) is 0 Å². The zero-order valence-electron chi connectivity index (χ0n) is 9.65. The average molecular weight is 270 g/mol. The summed E-state index contributed by atoms with van der Waals surface area (Å²) >= 11 is 2.84. The number of ketones is 1. The molecule has 0 unspecified atom stereocenters. The summed E-state index contributed by atoms with van der Waals surface area (Å²) in [6.45, 7) is -2.45. The van der Waals surface area contributed by atoms with Gasteiger partial charge >= 0.3 is 6.18 Å². The number of Topliss-reactive ketones (excluding diaryl/α,β-unsaturated/α-hetero) is 1. The van der Waals surface area contributed by atoms with Crippen molar-refractivity contribution in [1.29, 1.82) is 0 Å². The lowest BCUT2D eigenvalue weighted by atomic mass is 10.1. The Kier molecular flexibility index (Phi) is 1.98. The Morgan fingerprint density at radius 2 is 2.14 bits per heavy atom. The number of alkyl halides is 3. The standard InChI is InChI=1S/C9H6BrF3O/c1-5-2-3-6(4-7(5)10)8(14)9(11,12)13/h2-4H,1H3/i1D3. The molecular weight excluding hydrogens is 261 g/mol. The molecule has 0 saturated carbocycles. The Morgan fingerprint density at radius 1 is 1.50 bits per heavy atom. The van der Waals surface area contributed by atoms with E-state index in [4.69, 9.17) is 4.11 Å². The topological polar surface area (TPSA) is 17.1 Å². The van der Waals surface area contributed by atoms with Gasteiger partial charge in [0.2, 0.25) is 0 Å². The van der Waals surface area contributed by atoms with Gasteiger partial charge in [-0.15, -0.1) is 0 Å². The van der Waals surface area contributed by atoms with Crippen molar-refractivity contribution in [3.8, 4) is 0 Å². The molecule has 0 fully saturated rings. The van der Waals surface area contributed by atoms with Crippen LogP contribution in [0.2, 0.25) is 0 Å². The highest BCUT2D eigenvalue weighted by molar-refractivity contribution is 9.10. The Hall–Kier alpha value is -0.840. The second-order valence-corrected chi connectivity index (χ2v) is 3.38. The molecule has 0 aliphatic heterocycles. The van der Waals surface area contributed by atoms with Crippen molar-refractivity contribution in [1.82, 2.24) is 0 Å². The minimum atomic E-state index is -4.97. The minimum Gasteiger partial charge on any atom is -0.284 e. The fraction of sp³-hybridized carbons (Fsp3) is 0.222. The van der Waals surface area contributed by atoms with Gasteiger partial charge in [0.1, 0.15) is 0 Å². The molecule has 1 rings (SSSR count). The number of rotatable bonds is 1. The molecule has 14 heavy (non-hydrogen) atoms. The van der Waals surface area contributed by atoms with E-state index >= 15 is 0 Å². The zero-order valence-corrected chi connectivity index (χ0v) is 8.24. The minimum absolute atomic E-state index is 0.0485. The summed E-state index contributed by atoms with van der Waals surface area (Å²) in [5.41, 5.74) is -0.742. The van der Waals surface area contributed by atoms with E-state index in [1.54, 1.807) is 0 Å². The van der Waals surface area contributed by atoms with E-state index in [1.165, 1.54) is 0 Å². The van der Waals surface area contributed by atoms with Crippen molar-refractivity contribution in [3.05, 3.63) is 33.8 Å². The van der Waals surface area contributed by atoms with Crippen LogP contribution in [0.1, 0.15) is 20.0 Å². The molecule has 1 aromatic rings. The number of benzene rings is 1. The second kappa shape index (κ2) is 3.73. The first kappa shape index (κ1) is 7.45. The molecule has 0 bridgehead atoms. The van der Waals surface area contributed by atoms with Crippen molar-refractivity contribution in [2.75, 3.05) is 0 Å². The first-order valence-electron chi connectivity index (χ1n) is 4.95. The largest absolute Gasteiger partial charge is 0.454 e. The summed E-state index contributed by atoms with van der Waals surface area (Å²) in [4.78, 5) is 10.9. The van der Waals surface area contributed by atoms with Crippen molar-refractivity contribution in [3.63, 3.8) is 0 Å². The van der Waals surface area contributed by atoms with E-state index < -0.39 is 24.4 Å². The molecule has 76 valence electrons. The summed E-state index contributed by atoms with van der Waals surface area (Å²) in [6, 6.07) is 2.69. The van der Waals surface area contributed by atoms with Crippen LogP contribution in [0.3, 0.4) is 0 Å². The first-order valence-corrected chi connectivity index (χ1v) is 4.24. The van der Waals surface area contributed by atoms with E-state index in [-0.39, 0.29) is 10.0 Å². The molecule has 0 aliphatic rings. The molecule has 0 amide bonds. The van der Waals surface area contributed by atoms with Crippen LogP contribution in [-0.2, 0) is 0 Å². The fourth-order valence-electron chi connectivity index (χ4n) is 0.820. The highest BCUT2D eigenvalue weighted by Gasteiger charge is 2.39. The van der Waals surface area contributed by atoms with E-state index in [0.717, 1.165) is 18.2 Å². The van der Waals surface area contributed by atoms with Crippen molar-refractivity contribution >= 4 is 21.7 Å². The smallest absolute Gasteiger partial charge is 0.284 e. The van der Waals surface area contributed by atoms with Crippen LogP contribution in [0.5, 0.6) is 0 Å². The third-order valence-corrected chi connectivity index (χ3v) is 2.14. The van der Waals surface area contributed by atoms with Crippen LogP contribution in [0, 0.1) is 6.85 Å². The Balaban J connectivity index is 3.19. The predicted molar refractivity (Wildman–Crippen MR) is 49.3 cm³/mol. The van der Waals surface area contributed by atoms with Gasteiger partial charge in [-0.25, -0.2) is 0 Å². The predicted octanol–water partition coefficient (Wildman–Crippen LogP) is 3.50. The molecule has 1 nitrogen and oxygen atoms in total. The molecule has 0 radical (unpaired) electrons. The molecule has 0 heterocycles.